The molecule has 2 aromatic rings. The van der Waals surface area contributed by atoms with Gasteiger partial charge in [-0.1, -0.05) is 23.6 Å². The van der Waals surface area contributed by atoms with E-state index >= 15 is 0 Å². The maximum Gasteiger partial charge on any atom is 0.0660 e. The molecule has 0 amide bonds. The lowest BCUT2D eigenvalue weighted by atomic mass is 10.1. The summed E-state index contributed by atoms with van der Waals surface area (Å²) in [6.45, 7) is 2.72. The van der Waals surface area contributed by atoms with Gasteiger partial charge in [-0.15, -0.1) is 6.42 Å². The zero-order chi connectivity index (χ0) is 11.5. The molecule has 0 saturated heterocycles. The first kappa shape index (κ1) is 11.1. The second kappa shape index (κ2) is 4.61. The minimum atomic E-state index is 0.0808. The quantitative estimate of drug-likeness (QED) is 0.783. The van der Waals surface area contributed by atoms with Crippen LogP contribution >= 0.6 is 11.6 Å². The van der Waals surface area contributed by atoms with E-state index in [-0.39, 0.29) is 6.04 Å². The summed E-state index contributed by atoms with van der Waals surface area (Å²) in [5.74, 6) is 2.64. The van der Waals surface area contributed by atoms with Crippen molar-refractivity contribution in [3.63, 3.8) is 0 Å². The van der Waals surface area contributed by atoms with E-state index < -0.39 is 0 Å². The number of halogens is 1. The van der Waals surface area contributed by atoms with Crippen LogP contribution in [0.15, 0.2) is 24.4 Å². The normalized spacial score (nSPS) is 12.6. The van der Waals surface area contributed by atoms with Crippen LogP contribution < -0.4 is 5.32 Å². The average molecular weight is 233 g/mol. The van der Waals surface area contributed by atoms with Gasteiger partial charge in [-0.3, -0.25) is 5.32 Å². The molecular formula is C13H13ClN2. The number of hydrogen-bond acceptors (Lipinski definition) is 1. The van der Waals surface area contributed by atoms with Crippen LogP contribution in [-0.2, 0) is 6.54 Å². The Kier molecular flexibility index (Phi) is 3.19. The fourth-order valence-corrected chi connectivity index (χ4v) is 1.80. The third-order valence-corrected chi connectivity index (χ3v) is 2.81. The molecule has 1 unspecified atom stereocenters. The van der Waals surface area contributed by atoms with Crippen LogP contribution in [0.5, 0.6) is 0 Å². The zero-order valence-electron chi connectivity index (χ0n) is 9.05. The summed E-state index contributed by atoms with van der Waals surface area (Å²) >= 11 is 5.92. The predicted molar refractivity (Wildman–Crippen MR) is 68.4 cm³/mol. The Labute approximate surface area is 100.0 Å². The van der Waals surface area contributed by atoms with Crippen LogP contribution in [0.3, 0.4) is 0 Å². The van der Waals surface area contributed by atoms with Gasteiger partial charge in [0.1, 0.15) is 0 Å². The van der Waals surface area contributed by atoms with E-state index in [4.69, 9.17) is 18.0 Å². The Bertz CT molecular complexity index is 536. The highest BCUT2D eigenvalue weighted by Gasteiger charge is 2.04. The first-order valence-electron chi connectivity index (χ1n) is 5.15. The van der Waals surface area contributed by atoms with Crippen molar-refractivity contribution in [3.8, 4) is 12.3 Å². The Morgan fingerprint density at radius 3 is 3.12 bits per heavy atom. The minimum Gasteiger partial charge on any atom is -0.361 e. The van der Waals surface area contributed by atoms with Crippen LogP contribution in [-0.4, -0.2) is 11.0 Å². The monoisotopic (exact) mass is 232 g/mol. The molecule has 0 fully saturated rings. The van der Waals surface area contributed by atoms with Gasteiger partial charge in [0, 0.05) is 28.7 Å². The van der Waals surface area contributed by atoms with E-state index in [9.17, 15) is 0 Å². The van der Waals surface area contributed by atoms with Gasteiger partial charge < -0.3 is 4.98 Å². The van der Waals surface area contributed by atoms with Crippen molar-refractivity contribution in [2.75, 3.05) is 0 Å². The van der Waals surface area contributed by atoms with E-state index in [1.807, 2.05) is 31.3 Å². The molecule has 3 heteroatoms. The fourth-order valence-electron chi connectivity index (χ4n) is 1.63. The molecule has 1 heterocycles. The lowest BCUT2D eigenvalue weighted by Crippen LogP contribution is -2.23. The molecule has 82 valence electrons. The van der Waals surface area contributed by atoms with Crippen molar-refractivity contribution in [1.82, 2.24) is 10.3 Å². The van der Waals surface area contributed by atoms with E-state index in [2.05, 4.69) is 16.2 Å². The molecule has 0 saturated carbocycles. The summed E-state index contributed by atoms with van der Waals surface area (Å²) in [6, 6.07) is 5.92. The molecule has 16 heavy (non-hydrogen) atoms. The van der Waals surface area contributed by atoms with Gasteiger partial charge in [-0.25, -0.2) is 0 Å². The van der Waals surface area contributed by atoms with Gasteiger partial charge >= 0.3 is 0 Å². The molecule has 0 radical (unpaired) electrons. The maximum atomic E-state index is 5.92. The Hall–Kier alpha value is -1.43. The van der Waals surface area contributed by atoms with E-state index in [0.29, 0.717) is 0 Å². The number of H-pyrrole nitrogens is 1. The molecule has 0 aliphatic rings. The first-order valence-corrected chi connectivity index (χ1v) is 5.53. The number of fused-ring (bicyclic) bond motifs is 1. The maximum absolute atomic E-state index is 5.92. The van der Waals surface area contributed by atoms with Crippen LogP contribution in [0.4, 0.5) is 0 Å². The molecule has 0 aliphatic heterocycles. The SMILES string of the molecule is C#CC(C)NCc1c[nH]c2cc(Cl)ccc12. The minimum absolute atomic E-state index is 0.0808. The van der Waals surface area contributed by atoms with Crippen molar-refractivity contribution in [2.45, 2.75) is 19.5 Å². The topological polar surface area (TPSA) is 27.8 Å². The lowest BCUT2D eigenvalue weighted by Gasteiger charge is -2.06. The van der Waals surface area contributed by atoms with Gasteiger partial charge in [0.25, 0.3) is 0 Å². The van der Waals surface area contributed by atoms with Crippen molar-refractivity contribution in [3.05, 3.63) is 35.0 Å². The van der Waals surface area contributed by atoms with Crippen molar-refractivity contribution in [1.29, 1.82) is 0 Å². The van der Waals surface area contributed by atoms with Crippen LogP contribution in [0, 0.1) is 12.3 Å². The highest BCUT2D eigenvalue weighted by atomic mass is 35.5. The Morgan fingerprint density at radius 2 is 2.38 bits per heavy atom. The summed E-state index contributed by atoms with van der Waals surface area (Å²) in [5.41, 5.74) is 2.26. The van der Waals surface area contributed by atoms with Crippen LogP contribution in [0.2, 0.25) is 5.02 Å². The second-order valence-corrected chi connectivity index (χ2v) is 4.21. The molecule has 0 spiro atoms. The first-order chi connectivity index (χ1) is 7.70. The zero-order valence-corrected chi connectivity index (χ0v) is 9.81. The molecule has 1 atom stereocenters. The van der Waals surface area contributed by atoms with Gasteiger partial charge in [-0.05, 0) is 24.6 Å². The fraction of sp³-hybridized carbons (Fsp3) is 0.231. The van der Waals surface area contributed by atoms with Gasteiger partial charge in [0.05, 0.1) is 6.04 Å². The second-order valence-electron chi connectivity index (χ2n) is 3.77. The van der Waals surface area contributed by atoms with Crippen molar-refractivity contribution >= 4 is 22.5 Å². The van der Waals surface area contributed by atoms with Crippen LogP contribution in [0.25, 0.3) is 10.9 Å². The third kappa shape index (κ3) is 2.21. The Morgan fingerprint density at radius 1 is 1.56 bits per heavy atom. The lowest BCUT2D eigenvalue weighted by molar-refractivity contribution is 0.650. The summed E-state index contributed by atoms with van der Waals surface area (Å²) in [5, 5.41) is 5.18. The highest BCUT2D eigenvalue weighted by molar-refractivity contribution is 6.31. The number of terminal acetylenes is 1. The number of benzene rings is 1. The van der Waals surface area contributed by atoms with Crippen molar-refractivity contribution in [2.24, 2.45) is 0 Å². The van der Waals surface area contributed by atoms with E-state index in [1.165, 1.54) is 10.9 Å². The molecule has 1 aromatic heterocycles. The van der Waals surface area contributed by atoms with Gasteiger partial charge in [-0.2, -0.15) is 0 Å². The molecule has 2 N–H and O–H groups in total. The van der Waals surface area contributed by atoms with Crippen molar-refractivity contribution < 1.29 is 0 Å². The summed E-state index contributed by atoms with van der Waals surface area (Å²) in [7, 11) is 0. The molecule has 0 aliphatic carbocycles. The third-order valence-electron chi connectivity index (χ3n) is 2.58. The number of nitrogens with one attached hydrogen (secondary N) is 2. The summed E-state index contributed by atoms with van der Waals surface area (Å²) in [4.78, 5) is 3.19. The molecular weight excluding hydrogens is 220 g/mol. The molecule has 2 nitrogen and oxygen atoms in total. The predicted octanol–water partition coefficient (Wildman–Crippen LogP) is 2.93. The molecule has 0 bridgehead atoms. The Balaban J connectivity index is 2.23. The van der Waals surface area contributed by atoms with E-state index in [1.54, 1.807) is 0 Å². The largest absolute Gasteiger partial charge is 0.361 e. The molecule has 2 rings (SSSR count). The summed E-state index contributed by atoms with van der Waals surface area (Å²) in [6.07, 6.45) is 7.29. The number of aromatic amines is 1. The molecule has 1 aromatic carbocycles. The van der Waals surface area contributed by atoms with Gasteiger partial charge in [0.15, 0.2) is 0 Å². The standard InChI is InChI=1S/C13H13ClN2/c1-3-9(2)15-7-10-8-16-13-6-11(14)4-5-12(10)13/h1,4-6,8-9,15-16H,7H2,2H3. The van der Waals surface area contributed by atoms with Crippen LogP contribution in [0.1, 0.15) is 12.5 Å². The number of hydrogen-bond donors (Lipinski definition) is 2. The smallest absolute Gasteiger partial charge is 0.0660 e. The number of aromatic nitrogens is 1. The average Bonchev–Trinajstić information content (AvgIpc) is 2.68. The van der Waals surface area contributed by atoms with Gasteiger partial charge in [0.2, 0.25) is 0 Å². The summed E-state index contributed by atoms with van der Waals surface area (Å²) < 4.78 is 0. The number of rotatable bonds is 3. The van der Waals surface area contributed by atoms with E-state index in [0.717, 1.165) is 17.1 Å². The highest BCUT2D eigenvalue weighted by Crippen LogP contribution is 2.21.